The molecule has 0 aliphatic heterocycles. The molecule has 2 amide bonds. The second-order valence-electron chi connectivity index (χ2n) is 6.58. The zero-order valence-electron chi connectivity index (χ0n) is 15.5. The number of anilines is 2. The van der Waals surface area contributed by atoms with Gasteiger partial charge in [-0.05, 0) is 55.5 Å². The molecule has 0 saturated heterocycles. The Balaban J connectivity index is 1.68. The Bertz CT molecular complexity index is 1200. The van der Waals surface area contributed by atoms with Crippen LogP contribution < -0.4 is 10.6 Å². The third kappa shape index (κ3) is 3.87. The summed E-state index contributed by atoms with van der Waals surface area (Å²) in [6.07, 6.45) is 0. The lowest BCUT2D eigenvalue weighted by atomic mass is 10.1. The van der Waals surface area contributed by atoms with Crippen molar-refractivity contribution in [3.63, 3.8) is 0 Å². The van der Waals surface area contributed by atoms with Crippen molar-refractivity contribution in [1.29, 1.82) is 0 Å². The first-order valence-electron chi connectivity index (χ1n) is 8.98. The van der Waals surface area contributed by atoms with E-state index in [4.69, 9.17) is 4.42 Å². The molecule has 144 valence electrons. The van der Waals surface area contributed by atoms with E-state index in [1.165, 1.54) is 24.3 Å². The van der Waals surface area contributed by atoms with Gasteiger partial charge in [0.05, 0.1) is 0 Å². The molecule has 3 aromatic carbocycles. The minimum atomic E-state index is -0.549. The summed E-state index contributed by atoms with van der Waals surface area (Å²) < 4.78 is 18.8. The Morgan fingerprint density at radius 1 is 0.828 bits per heavy atom. The number of halogens is 1. The molecule has 0 radical (unpaired) electrons. The van der Waals surface area contributed by atoms with Crippen LogP contribution in [-0.2, 0) is 0 Å². The standard InChI is InChI=1S/C23H17FN2O3/c1-14-6-8-15(9-7-14)22(27)26-20-18-4-2-3-5-19(18)29-21(20)23(28)25-17-12-10-16(24)11-13-17/h2-13H,1H3,(H,25,28)(H,26,27). The van der Waals surface area contributed by atoms with Gasteiger partial charge in [0.25, 0.3) is 11.8 Å². The molecular formula is C23H17FN2O3. The highest BCUT2D eigenvalue weighted by Gasteiger charge is 2.23. The van der Waals surface area contributed by atoms with Crippen molar-refractivity contribution in [3.8, 4) is 0 Å². The minimum absolute atomic E-state index is 0.0315. The van der Waals surface area contributed by atoms with E-state index < -0.39 is 11.7 Å². The number of benzene rings is 3. The maximum absolute atomic E-state index is 13.1. The van der Waals surface area contributed by atoms with Crippen LogP contribution in [0.3, 0.4) is 0 Å². The van der Waals surface area contributed by atoms with Crippen molar-refractivity contribution in [1.82, 2.24) is 0 Å². The molecule has 29 heavy (non-hydrogen) atoms. The Hall–Kier alpha value is -3.93. The molecule has 0 aliphatic rings. The second kappa shape index (κ2) is 7.59. The third-order valence-corrected chi connectivity index (χ3v) is 4.46. The summed E-state index contributed by atoms with van der Waals surface area (Å²) in [7, 11) is 0. The Morgan fingerprint density at radius 2 is 1.52 bits per heavy atom. The maximum atomic E-state index is 13.1. The van der Waals surface area contributed by atoms with Gasteiger partial charge in [-0.15, -0.1) is 0 Å². The number of carbonyl (C=O) groups excluding carboxylic acids is 2. The second-order valence-corrected chi connectivity index (χ2v) is 6.58. The minimum Gasteiger partial charge on any atom is -0.449 e. The lowest BCUT2D eigenvalue weighted by molar-refractivity contribution is 0.0999. The van der Waals surface area contributed by atoms with E-state index in [2.05, 4.69) is 10.6 Å². The average molecular weight is 388 g/mol. The molecule has 6 heteroatoms. The lowest BCUT2D eigenvalue weighted by Gasteiger charge is -2.08. The van der Waals surface area contributed by atoms with Crippen LogP contribution >= 0.6 is 0 Å². The van der Waals surface area contributed by atoms with Crippen molar-refractivity contribution < 1.29 is 18.4 Å². The molecule has 0 fully saturated rings. The van der Waals surface area contributed by atoms with Gasteiger partial charge in [-0.2, -0.15) is 0 Å². The van der Waals surface area contributed by atoms with Gasteiger partial charge in [0, 0.05) is 16.6 Å². The number of para-hydroxylation sites is 1. The number of rotatable bonds is 4. The summed E-state index contributed by atoms with van der Waals surface area (Å²) in [5, 5.41) is 6.06. The predicted molar refractivity (Wildman–Crippen MR) is 110 cm³/mol. The molecule has 1 heterocycles. The highest BCUT2D eigenvalue weighted by molar-refractivity contribution is 6.16. The number of fused-ring (bicyclic) bond motifs is 1. The van der Waals surface area contributed by atoms with E-state index in [1.807, 2.05) is 19.1 Å². The van der Waals surface area contributed by atoms with Crippen molar-refractivity contribution in [3.05, 3.63) is 95.5 Å². The van der Waals surface area contributed by atoms with Crippen molar-refractivity contribution in [2.24, 2.45) is 0 Å². The van der Waals surface area contributed by atoms with Gasteiger partial charge in [-0.3, -0.25) is 9.59 Å². The van der Waals surface area contributed by atoms with E-state index >= 15 is 0 Å². The van der Waals surface area contributed by atoms with Gasteiger partial charge in [0.15, 0.2) is 0 Å². The summed E-state index contributed by atoms with van der Waals surface area (Å²) in [4.78, 5) is 25.5. The van der Waals surface area contributed by atoms with Crippen molar-refractivity contribution in [2.75, 3.05) is 10.6 Å². The number of amides is 2. The highest BCUT2D eigenvalue weighted by Crippen LogP contribution is 2.32. The Morgan fingerprint density at radius 3 is 2.24 bits per heavy atom. The number of furan rings is 1. The Kier molecular flexibility index (Phi) is 4.83. The summed E-state index contributed by atoms with van der Waals surface area (Å²) >= 11 is 0. The monoisotopic (exact) mass is 388 g/mol. The largest absolute Gasteiger partial charge is 0.449 e. The molecule has 0 aliphatic carbocycles. The van der Waals surface area contributed by atoms with Crippen LogP contribution in [0.2, 0.25) is 0 Å². The molecule has 4 rings (SSSR count). The summed E-state index contributed by atoms with van der Waals surface area (Å²) in [6.45, 7) is 1.93. The first kappa shape index (κ1) is 18.4. The summed E-state index contributed by atoms with van der Waals surface area (Å²) in [6, 6.07) is 19.5. The number of carbonyl (C=O) groups is 2. The van der Waals surface area contributed by atoms with Crippen molar-refractivity contribution in [2.45, 2.75) is 6.92 Å². The van der Waals surface area contributed by atoms with E-state index in [0.29, 0.717) is 22.2 Å². The molecular weight excluding hydrogens is 371 g/mol. The van der Waals surface area contributed by atoms with Crippen LogP contribution in [-0.4, -0.2) is 11.8 Å². The molecule has 0 saturated carbocycles. The average Bonchev–Trinajstić information content (AvgIpc) is 3.09. The highest BCUT2D eigenvalue weighted by atomic mass is 19.1. The van der Waals surface area contributed by atoms with E-state index in [-0.39, 0.29) is 17.4 Å². The van der Waals surface area contributed by atoms with E-state index in [1.54, 1.807) is 36.4 Å². The van der Waals surface area contributed by atoms with E-state index in [0.717, 1.165) is 5.56 Å². The maximum Gasteiger partial charge on any atom is 0.293 e. The summed E-state index contributed by atoms with van der Waals surface area (Å²) in [5.41, 5.74) is 2.66. The first-order chi connectivity index (χ1) is 14.0. The molecule has 1 aromatic heterocycles. The number of hydrogen-bond acceptors (Lipinski definition) is 3. The Labute approximate surface area is 166 Å². The molecule has 5 nitrogen and oxygen atoms in total. The van der Waals surface area contributed by atoms with Gasteiger partial charge in [0.2, 0.25) is 5.76 Å². The molecule has 0 unspecified atom stereocenters. The fraction of sp³-hybridized carbons (Fsp3) is 0.0435. The third-order valence-electron chi connectivity index (χ3n) is 4.46. The number of hydrogen-bond donors (Lipinski definition) is 2. The van der Waals surface area contributed by atoms with Crippen LogP contribution in [0.4, 0.5) is 15.8 Å². The topological polar surface area (TPSA) is 71.3 Å². The van der Waals surface area contributed by atoms with Crippen LogP contribution in [0.5, 0.6) is 0 Å². The van der Waals surface area contributed by atoms with E-state index in [9.17, 15) is 14.0 Å². The van der Waals surface area contributed by atoms with Gasteiger partial charge < -0.3 is 15.1 Å². The van der Waals surface area contributed by atoms with Crippen LogP contribution in [0, 0.1) is 12.7 Å². The molecule has 0 bridgehead atoms. The SMILES string of the molecule is Cc1ccc(C(=O)Nc2c(C(=O)Nc3ccc(F)cc3)oc3ccccc23)cc1. The smallest absolute Gasteiger partial charge is 0.293 e. The van der Waals surface area contributed by atoms with Crippen molar-refractivity contribution >= 4 is 34.2 Å². The van der Waals surface area contributed by atoms with Gasteiger partial charge >= 0.3 is 0 Å². The zero-order valence-corrected chi connectivity index (χ0v) is 15.5. The van der Waals surface area contributed by atoms with Gasteiger partial charge in [0.1, 0.15) is 17.1 Å². The molecule has 4 aromatic rings. The van der Waals surface area contributed by atoms with Gasteiger partial charge in [-0.25, -0.2) is 4.39 Å². The van der Waals surface area contributed by atoms with Crippen LogP contribution in [0.1, 0.15) is 26.5 Å². The quantitative estimate of drug-likeness (QED) is 0.493. The predicted octanol–water partition coefficient (Wildman–Crippen LogP) is 5.38. The molecule has 2 N–H and O–H groups in total. The molecule has 0 spiro atoms. The van der Waals surface area contributed by atoms with Gasteiger partial charge in [-0.1, -0.05) is 29.8 Å². The zero-order chi connectivity index (χ0) is 20.4. The fourth-order valence-electron chi connectivity index (χ4n) is 2.94. The number of aryl methyl sites for hydroxylation is 1. The lowest BCUT2D eigenvalue weighted by Crippen LogP contribution is -2.17. The molecule has 0 atom stereocenters. The normalized spacial score (nSPS) is 10.7. The van der Waals surface area contributed by atoms with Crippen LogP contribution in [0.25, 0.3) is 11.0 Å². The number of nitrogens with one attached hydrogen (secondary N) is 2. The summed E-state index contributed by atoms with van der Waals surface area (Å²) in [5.74, 6) is -1.34. The first-order valence-corrected chi connectivity index (χ1v) is 8.98. The van der Waals surface area contributed by atoms with Crippen LogP contribution in [0.15, 0.2) is 77.2 Å². The fourth-order valence-corrected chi connectivity index (χ4v) is 2.94.